The molecule has 2 heterocycles. The fourth-order valence-corrected chi connectivity index (χ4v) is 3.02. The third-order valence-corrected chi connectivity index (χ3v) is 4.49. The maximum Gasteiger partial charge on any atom is 0.433 e. The second-order valence-corrected chi connectivity index (χ2v) is 5.98. The van der Waals surface area contributed by atoms with Gasteiger partial charge < -0.3 is 14.5 Å². The zero-order valence-corrected chi connectivity index (χ0v) is 13.4. The van der Waals surface area contributed by atoms with Crippen LogP contribution in [0.1, 0.15) is 29.0 Å². The number of rotatable bonds is 5. The van der Waals surface area contributed by atoms with Crippen LogP contribution >= 0.6 is 0 Å². The topological polar surface area (TPSA) is 94.6 Å². The predicted octanol–water partition coefficient (Wildman–Crippen LogP) is 2.81. The monoisotopic (exact) mass is 348 g/mol. The number of carbonyl (C=O) groups is 1. The van der Waals surface area contributed by atoms with Crippen molar-refractivity contribution < 1.29 is 23.3 Å². The lowest BCUT2D eigenvalue weighted by molar-refractivity contribution is -0.402. The first-order valence-corrected chi connectivity index (χ1v) is 7.86. The van der Waals surface area contributed by atoms with E-state index in [4.69, 9.17) is 9.15 Å². The van der Waals surface area contributed by atoms with Crippen LogP contribution in [0.25, 0.3) is 0 Å². The lowest BCUT2D eigenvalue weighted by Gasteiger charge is -2.37. The molecule has 8 heteroatoms. The molecular formula is C17H17FN2O5. The molecule has 0 spiro atoms. The summed E-state index contributed by atoms with van der Waals surface area (Å²) in [6.45, 7) is 1.38. The molecule has 1 aliphatic heterocycles. The Morgan fingerprint density at radius 2 is 1.88 bits per heavy atom. The molecule has 1 N–H and O–H groups in total. The Morgan fingerprint density at radius 3 is 2.48 bits per heavy atom. The molecule has 3 rings (SSSR count). The molecule has 132 valence electrons. The maximum atomic E-state index is 13.2. The Hall–Kier alpha value is -2.74. The first-order valence-electron chi connectivity index (χ1n) is 7.86. The van der Waals surface area contributed by atoms with Gasteiger partial charge in [-0.2, -0.15) is 0 Å². The molecule has 0 radical (unpaired) electrons. The number of nitrogens with zero attached hydrogens (tertiary/aromatic N) is 1. The van der Waals surface area contributed by atoms with Crippen molar-refractivity contribution in [2.45, 2.75) is 18.3 Å². The SMILES string of the molecule is O=C(NCC1(c2ccc(F)cc2)CCOCC1)c1ccc([N+](=O)[O-])o1. The van der Waals surface area contributed by atoms with Crippen molar-refractivity contribution in [1.82, 2.24) is 5.32 Å². The summed E-state index contributed by atoms with van der Waals surface area (Å²) in [6, 6.07) is 8.62. The summed E-state index contributed by atoms with van der Waals surface area (Å²) in [5.41, 5.74) is 0.545. The molecule has 7 nitrogen and oxygen atoms in total. The van der Waals surface area contributed by atoms with Gasteiger partial charge in [-0.1, -0.05) is 12.1 Å². The van der Waals surface area contributed by atoms with Crippen molar-refractivity contribution in [3.05, 3.63) is 63.7 Å². The Bertz CT molecular complexity index is 766. The number of nitrogens with one attached hydrogen (secondary N) is 1. The number of benzene rings is 1. The number of ether oxygens (including phenoxy) is 1. The zero-order chi connectivity index (χ0) is 17.9. The van der Waals surface area contributed by atoms with Crippen LogP contribution in [0.15, 0.2) is 40.8 Å². The first kappa shape index (κ1) is 17.1. The summed E-state index contributed by atoms with van der Waals surface area (Å²) in [5, 5.41) is 13.4. The molecule has 0 aliphatic carbocycles. The van der Waals surface area contributed by atoms with Crippen LogP contribution in [-0.4, -0.2) is 30.6 Å². The van der Waals surface area contributed by atoms with Crippen LogP contribution in [0, 0.1) is 15.9 Å². The summed E-state index contributed by atoms with van der Waals surface area (Å²) >= 11 is 0. The third kappa shape index (κ3) is 3.69. The van der Waals surface area contributed by atoms with Crippen molar-refractivity contribution in [2.24, 2.45) is 0 Å². The van der Waals surface area contributed by atoms with Crippen LogP contribution in [-0.2, 0) is 10.2 Å². The maximum absolute atomic E-state index is 13.2. The van der Waals surface area contributed by atoms with E-state index in [1.54, 1.807) is 12.1 Å². The average Bonchev–Trinajstić information content (AvgIpc) is 3.12. The van der Waals surface area contributed by atoms with E-state index in [1.165, 1.54) is 18.2 Å². The Kier molecular flexibility index (Phi) is 4.80. The largest absolute Gasteiger partial charge is 0.433 e. The second-order valence-electron chi connectivity index (χ2n) is 5.98. The van der Waals surface area contributed by atoms with Crippen LogP contribution in [0.3, 0.4) is 0 Å². The number of nitro groups is 1. The Balaban J connectivity index is 1.75. The number of hydrogen-bond donors (Lipinski definition) is 1. The zero-order valence-electron chi connectivity index (χ0n) is 13.4. The van der Waals surface area contributed by atoms with Crippen LogP contribution in [0.4, 0.5) is 10.3 Å². The van der Waals surface area contributed by atoms with E-state index in [9.17, 15) is 19.3 Å². The fourth-order valence-electron chi connectivity index (χ4n) is 3.02. The van der Waals surface area contributed by atoms with Crippen molar-refractivity contribution in [3.63, 3.8) is 0 Å². The predicted molar refractivity (Wildman–Crippen MR) is 85.8 cm³/mol. The third-order valence-electron chi connectivity index (χ3n) is 4.49. The number of halogens is 1. The lowest BCUT2D eigenvalue weighted by atomic mass is 9.74. The molecule has 0 atom stereocenters. The lowest BCUT2D eigenvalue weighted by Crippen LogP contribution is -2.44. The second kappa shape index (κ2) is 7.02. The minimum Gasteiger partial charge on any atom is -0.395 e. The van der Waals surface area contributed by atoms with E-state index in [2.05, 4.69) is 5.32 Å². The highest BCUT2D eigenvalue weighted by atomic mass is 19.1. The van der Waals surface area contributed by atoms with Crippen LogP contribution < -0.4 is 5.32 Å². The molecule has 1 amide bonds. The van der Waals surface area contributed by atoms with Crippen molar-refractivity contribution in [2.75, 3.05) is 19.8 Å². The minimum absolute atomic E-state index is 0.118. The van der Waals surface area contributed by atoms with Gasteiger partial charge in [-0.05, 0) is 36.6 Å². The molecular weight excluding hydrogens is 331 g/mol. The molecule has 0 saturated carbocycles. The summed E-state index contributed by atoms with van der Waals surface area (Å²) in [6.07, 6.45) is 1.36. The quantitative estimate of drug-likeness (QED) is 0.662. The summed E-state index contributed by atoms with van der Waals surface area (Å²) < 4.78 is 23.5. The highest BCUT2D eigenvalue weighted by Gasteiger charge is 2.35. The highest BCUT2D eigenvalue weighted by Crippen LogP contribution is 2.34. The van der Waals surface area contributed by atoms with Gasteiger partial charge >= 0.3 is 5.88 Å². The minimum atomic E-state index is -0.699. The van der Waals surface area contributed by atoms with Gasteiger partial charge in [-0.3, -0.25) is 14.9 Å². The molecule has 1 aromatic heterocycles. The average molecular weight is 348 g/mol. The Labute approximate surface area is 142 Å². The van der Waals surface area contributed by atoms with Gasteiger partial charge in [0.1, 0.15) is 10.7 Å². The van der Waals surface area contributed by atoms with Crippen LogP contribution in [0.2, 0.25) is 0 Å². The summed E-state index contributed by atoms with van der Waals surface area (Å²) in [7, 11) is 0. The summed E-state index contributed by atoms with van der Waals surface area (Å²) in [5.74, 6) is -1.45. The van der Waals surface area contributed by atoms with E-state index < -0.39 is 16.7 Å². The van der Waals surface area contributed by atoms with Crippen molar-refractivity contribution >= 4 is 11.8 Å². The summed E-state index contributed by atoms with van der Waals surface area (Å²) in [4.78, 5) is 22.2. The Morgan fingerprint density at radius 1 is 1.20 bits per heavy atom. The van der Waals surface area contributed by atoms with E-state index in [0.29, 0.717) is 32.6 Å². The number of amides is 1. The molecule has 1 fully saturated rings. The molecule has 2 aromatic rings. The van der Waals surface area contributed by atoms with Gasteiger partial charge in [0.2, 0.25) is 0 Å². The molecule has 0 unspecified atom stereocenters. The first-order chi connectivity index (χ1) is 12.0. The van der Waals surface area contributed by atoms with Gasteiger partial charge in [0.25, 0.3) is 5.91 Å². The fraction of sp³-hybridized carbons (Fsp3) is 0.353. The van der Waals surface area contributed by atoms with Crippen molar-refractivity contribution in [3.8, 4) is 0 Å². The standard InChI is InChI=1S/C17H17FN2O5/c18-13-3-1-12(2-4-13)17(7-9-24-10-8-17)11-19-16(21)14-5-6-15(25-14)20(22)23/h1-6H,7-11H2,(H,19,21). The van der Waals surface area contributed by atoms with Gasteiger partial charge in [0.15, 0.2) is 5.76 Å². The van der Waals surface area contributed by atoms with E-state index in [-0.39, 0.29) is 17.0 Å². The van der Waals surface area contributed by atoms with E-state index in [1.807, 2.05) is 0 Å². The smallest absolute Gasteiger partial charge is 0.395 e. The highest BCUT2D eigenvalue weighted by molar-refractivity contribution is 5.91. The van der Waals surface area contributed by atoms with Gasteiger partial charge in [-0.15, -0.1) is 0 Å². The van der Waals surface area contributed by atoms with Gasteiger partial charge in [-0.25, -0.2) is 4.39 Å². The van der Waals surface area contributed by atoms with E-state index >= 15 is 0 Å². The van der Waals surface area contributed by atoms with Gasteiger partial charge in [0, 0.05) is 25.2 Å². The number of carbonyl (C=O) groups excluding carboxylic acids is 1. The number of furan rings is 1. The molecule has 1 saturated heterocycles. The molecule has 0 bridgehead atoms. The van der Waals surface area contributed by atoms with Gasteiger partial charge in [0.05, 0.1) is 6.07 Å². The molecule has 1 aliphatic rings. The molecule has 25 heavy (non-hydrogen) atoms. The normalized spacial score (nSPS) is 16.4. The van der Waals surface area contributed by atoms with E-state index in [0.717, 1.165) is 11.6 Å². The van der Waals surface area contributed by atoms with Crippen molar-refractivity contribution in [1.29, 1.82) is 0 Å². The molecule has 1 aromatic carbocycles. The number of hydrogen-bond acceptors (Lipinski definition) is 5. The van der Waals surface area contributed by atoms with Crippen LogP contribution in [0.5, 0.6) is 0 Å².